The molecule has 0 saturated carbocycles. The van der Waals surface area contributed by atoms with Crippen LogP contribution >= 0.6 is 0 Å². The first kappa shape index (κ1) is 18.7. The molecule has 0 aliphatic carbocycles. The van der Waals surface area contributed by atoms with E-state index >= 15 is 0 Å². The normalized spacial score (nSPS) is 11.9. The number of carboxylic acids is 1. The van der Waals surface area contributed by atoms with Gasteiger partial charge in [-0.3, -0.25) is 4.79 Å². The van der Waals surface area contributed by atoms with Gasteiger partial charge >= 0.3 is 5.97 Å². The Morgan fingerprint density at radius 3 is 2.52 bits per heavy atom. The molecule has 25 heavy (non-hydrogen) atoms. The first-order chi connectivity index (χ1) is 12.0. The molecule has 0 spiro atoms. The highest BCUT2D eigenvalue weighted by Gasteiger charge is 2.17. The molecule has 1 aromatic heterocycles. The molecule has 6 nitrogen and oxygen atoms in total. The fourth-order valence-corrected chi connectivity index (χ4v) is 2.55. The van der Waals surface area contributed by atoms with Crippen LogP contribution in [-0.2, 0) is 22.5 Å². The molecule has 0 bridgehead atoms. The summed E-state index contributed by atoms with van der Waals surface area (Å²) in [5.74, 6) is -0.240. The number of aromatic nitrogens is 1. The summed E-state index contributed by atoms with van der Waals surface area (Å²) in [5.41, 5.74) is 1.53. The lowest BCUT2D eigenvalue weighted by Crippen LogP contribution is -2.26. The van der Waals surface area contributed by atoms with Crippen LogP contribution in [0.2, 0.25) is 0 Å². The zero-order valence-electron chi connectivity index (χ0n) is 14.5. The van der Waals surface area contributed by atoms with E-state index < -0.39 is 12.1 Å². The van der Waals surface area contributed by atoms with Gasteiger partial charge in [0.2, 0.25) is 0 Å². The van der Waals surface area contributed by atoms with Crippen LogP contribution in [0.5, 0.6) is 5.75 Å². The molecule has 2 aromatic rings. The number of ether oxygens (including phenoxy) is 2. The van der Waals surface area contributed by atoms with Gasteiger partial charge < -0.3 is 19.1 Å². The minimum absolute atomic E-state index is 0.0247. The first-order valence-electron chi connectivity index (χ1n) is 8.23. The number of rotatable bonds is 10. The third-order valence-electron chi connectivity index (χ3n) is 3.78. The van der Waals surface area contributed by atoms with Crippen LogP contribution in [0.1, 0.15) is 29.9 Å². The Bertz CT molecular complexity index is 705. The van der Waals surface area contributed by atoms with Gasteiger partial charge in [0.25, 0.3) is 0 Å². The Balaban J connectivity index is 1.86. The molecule has 0 saturated heterocycles. The number of carbonyl (C=O) groups excluding carboxylic acids is 1. The third-order valence-corrected chi connectivity index (χ3v) is 3.78. The second-order valence-electron chi connectivity index (χ2n) is 5.62. The molecule has 6 heteroatoms. The van der Waals surface area contributed by atoms with Crippen molar-refractivity contribution in [1.29, 1.82) is 0 Å². The monoisotopic (exact) mass is 345 g/mol. The molecule has 1 N–H and O–H groups in total. The van der Waals surface area contributed by atoms with Crippen LogP contribution in [0.3, 0.4) is 0 Å². The third kappa shape index (κ3) is 5.46. The van der Waals surface area contributed by atoms with Crippen LogP contribution in [-0.4, -0.2) is 40.7 Å². The number of Topliss-reactive ketones (excluding diaryl/α,β-unsaturated/α-hetero) is 1. The SMILES string of the molecule is CCOC(Cc1ccc(OCCn2cccc2C(C)=O)cc1)C(=O)O. The van der Waals surface area contributed by atoms with Crippen molar-refractivity contribution in [1.82, 2.24) is 4.57 Å². The molecule has 0 aliphatic rings. The van der Waals surface area contributed by atoms with Crippen molar-refractivity contribution in [2.24, 2.45) is 0 Å². The summed E-state index contributed by atoms with van der Waals surface area (Å²) in [7, 11) is 0. The van der Waals surface area contributed by atoms with Crippen molar-refractivity contribution >= 4 is 11.8 Å². The number of nitrogens with zero attached hydrogens (tertiary/aromatic N) is 1. The number of carboxylic acid groups (broad SMARTS) is 1. The summed E-state index contributed by atoms with van der Waals surface area (Å²) in [4.78, 5) is 22.6. The summed E-state index contributed by atoms with van der Waals surface area (Å²) in [6.07, 6.45) is 1.33. The zero-order valence-corrected chi connectivity index (χ0v) is 14.5. The van der Waals surface area contributed by atoms with Crippen molar-refractivity contribution in [3.05, 3.63) is 53.9 Å². The maximum atomic E-state index is 11.5. The van der Waals surface area contributed by atoms with Gasteiger partial charge in [-0.05, 0) is 36.8 Å². The van der Waals surface area contributed by atoms with Gasteiger partial charge in [0.1, 0.15) is 12.4 Å². The van der Waals surface area contributed by atoms with E-state index in [0.717, 1.165) is 5.56 Å². The molecule has 2 rings (SSSR count). The van der Waals surface area contributed by atoms with Crippen LogP contribution < -0.4 is 4.74 Å². The van der Waals surface area contributed by atoms with E-state index in [4.69, 9.17) is 14.6 Å². The Kier molecular flexibility index (Phi) is 6.77. The lowest BCUT2D eigenvalue weighted by Gasteiger charge is -2.13. The van der Waals surface area contributed by atoms with E-state index in [2.05, 4.69) is 0 Å². The van der Waals surface area contributed by atoms with E-state index in [0.29, 0.717) is 37.6 Å². The highest BCUT2D eigenvalue weighted by atomic mass is 16.5. The number of benzene rings is 1. The minimum atomic E-state index is -0.963. The van der Waals surface area contributed by atoms with Gasteiger partial charge in [-0.15, -0.1) is 0 Å². The maximum Gasteiger partial charge on any atom is 0.333 e. The molecule has 1 unspecified atom stereocenters. The summed E-state index contributed by atoms with van der Waals surface area (Å²) >= 11 is 0. The smallest absolute Gasteiger partial charge is 0.333 e. The highest BCUT2D eigenvalue weighted by molar-refractivity contribution is 5.92. The van der Waals surface area contributed by atoms with Crippen molar-refractivity contribution in [3.8, 4) is 5.75 Å². The minimum Gasteiger partial charge on any atom is -0.492 e. The number of aliphatic carboxylic acids is 1. The summed E-state index contributed by atoms with van der Waals surface area (Å²) < 4.78 is 12.8. The van der Waals surface area contributed by atoms with E-state index in [9.17, 15) is 9.59 Å². The molecule has 0 radical (unpaired) electrons. The van der Waals surface area contributed by atoms with E-state index in [-0.39, 0.29) is 5.78 Å². The van der Waals surface area contributed by atoms with Gasteiger partial charge in [-0.1, -0.05) is 12.1 Å². The second-order valence-corrected chi connectivity index (χ2v) is 5.62. The average Bonchev–Trinajstić information content (AvgIpc) is 3.04. The van der Waals surface area contributed by atoms with Crippen LogP contribution in [0.25, 0.3) is 0 Å². The van der Waals surface area contributed by atoms with Crippen LogP contribution in [0, 0.1) is 0 Å². The van der Waals surface area contributed by atoms with Gasteiger partial charge in [0.05, 0.1) is 12.2 Å². The Morgan fingerprint density at radius 2 is 1.92 bits per heavy atom. The molecule has 1 aromatic carbocycles. The molecule has 0 aliphatic heterocycles. The molecule has 0 fully saturated rings. The Morgan fingerprint density at radius 1 is 1.20 bits per heavy atom. The fourth-order valence-electron chi connectivity index (χ4n) is 2.55. The Hall–Kier alpha value is -2.60. The zero-order chi connectivity index (χ0) is 18.2. The van der Waals surface area contributed by atoms with Gasteiger partial charge in [-0.25, -0.2) is 4.79 Å². The van der Waals surface area contributed by atoms with Crippen LogP contribution in [0.15, 0.2) is 42.6 Å². The number of carbonyl (C=O) groups is 2. The standard InChI is InChI=1S/C19H23NO5/c1-3-24-18(19(22)23)13-15-6-8-16(9-7-15)25-12-11-20-10-4-5-17(20)14(2)21/h4-10,18H,3,11-13H2,1-2H3,(H,22,23). The predicted molar refractivity (Wildman–Crippen MR) is 93.1 cm³/mol. The van der Waals surface area contributed by atoms with Crippen molar-refractivity contribution in [2.75, 3.05) is 13.2 Å². The summed E-state index contributed by atoms with van der Waals surface area (Å²) in [6, 6.07) is 10.9. The first-order valence-corrected chi connectivity index (χ1v) is 8.23. The number of ketones is 1. The number of hydrogen-bond acceptors (Lipinski definition) is 4. The molecule has 1 atom stereocenters. The summed E-state index contributed by atoms with van der Waals surface area (Å²) in [5, 5.41) is 9.11. The topological polar surface area (TPSA) is 77.8 Å². The van der Waals surface area contributed by atoms with E-state index in [1.165, 1.54) is 6.92 Å². The van der Waals surface area contributed by atoms with Gasteiger partial charge in [0.15, 0.2) is 11.9 Å². The van der Waals surface area contributed by atoms with Gasteiger partial charge in [-0.2, -0.15) is 0 Å². The van der Waals surface area contributed by atoms with Crippen LogP contribution in [0.4, 0.5) is 0 Å². The average molecular weight is 345 g/mol. The Labute approximate surface area is 147 Å². The maximum absolute atomic E-state index is 11.5. The predicted octanol–water partition coefficient (Wildman–Crippen LogP) is 2.80. The largest absolute Gasteiger partial charge is 0.492 e. The molecular formula is C19H23NO5. The van der Waals surface area contributed by atoms with Crippen molar-refractivity contribution < 1.29 is 24.2 Å². The molecule has 134 valence electrons. The highest BCUT2D eigenvalue weighted by Crippen LogP contribution is 2.15. The molecular weight excluding hydrogens is 322 g/mol. The quantitative estimate of drug-likeness (QED) is 0.670. The number of hydrogen-bond donors (Lipinski definition) is 1. The fraction of sp³-hybridized carbons (Fsp3) is 0.368. The van der Waals surface area contributed by atoms with Crippen molar-refractivity contribution in [2.45, 2.75) is 32.9 Å². The van der Waals surface area contributed by atoms with E-state index in [1.54, 1.807) is 13.0 Å². The lowest BCUT2D eigenvalue weighted by molar-refractivity contribution is -0.149. The molecule has 1 heterocycles. The lowest BCUT2D eigenvalue weighted by atomic mass is 10.1. The molecule has 0 amide bonds. The van der Waals surface area contributed by atoms with Gasteiger partial charge in [0, 0.05) is 26.1 Å². The second kappa shape index (κ2) is 9.03. The van der Waals surface area contributed by atoms with Crippen molar-refractivity contribution in [3.63, 3.8) is 0 Å². The van der Waals surface area contributed by atoms with E-state index in [1.807, 2.05) is 41.1 Å². The summed E-state index contributed by atoms with van der Waals surface area (Å²) in [6.45, 7) is 4.69.